The molecule has 0 saturated carbocycles. The number of amides is 2. The molecule has 9 heteroatoms. The summed E-state index contributed by atoms with van der Waals surface area (Å²) in [5.74, 6) is -0.949. The molecule has 0 spiro atoms. The summed E-state index contributed by atoms with van der Waals surface area (Å²) in [6, 6.07) is 32.7. The summed E-state index contributed by atoms with van der Waals surface area (Å²) in [7, 11) is 1.59. The van der Waals surface area contributed by atoms with Crippen LogP contribution in [0.5, 0.6) is 5.75 Å². The zero-order chi connectivity index (χ0) is 28.5. The standard InChI is InChI=1S/C32H33N5O3.ClH/c1-40-27-18-14-23(15-19-27)21-37(28(30(33)38)20-22-12-16-26(17-13-22)36-32(34)35)31(39)29(24-8-4-2-5-9-24)25-10-6-3-7-11-25;/h2-19,28-29H,20-21H2,1H3,(H2,33,38)(H4,34,35,36);1H/t28-;/m1./s1. The Morgan fingerprint density at radius 1 is 0.805 bits per heavy atom. The normalized spacial score (nSPS) is 11.2. The van der Waals surface area contributed by atoms with Gasteiger partial charge in [0.25, 0.3) is 0 Å². The zero-order valence-corrected chi connectivity index (χ0v) is 23.5. The van der Waals surface area contributed by atoms with Gasteiger partial charge in [0.2, 0.25) is 11.8 Å². The molecule has 0 unspecified atom stereocenters. The van der Waals surface area contributed by atoms with Gasteiger partial charge in [-0.15, -0.1) is 12.4 Å². The first-order chi connectivity index (χ1) is 19.4. The number of benzene rings is 4. The zero-order valence-electron chi connectivity index (χ0n) is 22.7. The van der Waals surface area contributed by atoms with Crippen LogP contribution >= 0.6 is 12.4 Å². The minimum atomic E-state index is -0.920. The molecule has 0 aromatic heterocycles. The molecule has 2 amide bonds. The van der Waals surface area contributed by atoms with Gasteiger partial charge >= 0.3 is 0 Å². The van der Waals surface area contributed by atoms with Crippen molar-refractivity contribution in [3.8, 4) is 5.75 Å². The van der Waals surface area contributed by atoms with Crippen LogP contribution in [0.2, 0.25) is 0 Å². The Labute approximate surface area is 246 Å². The Balaban J connectivity index is 0.00000462. The van der Waals surface area contributed by atoms with E-state index in [2.05, 4.69) is 5.32 Å². The van der Waals surface area contributed by atoms with Crippen LogP contribution in [0.3, 0.4) is 0 Å². The highest BCUT2D eigenvalue weighted by Gasteiger charge is 2.34. The number of methoxy groups -OCH3 is 1. The fourth-order valence-corrected chi connectivity index (χ4v) is 4.67. The molecule has 0 fully saturated rings. The first-order valence-electron chi connectivity index (χ1n) is 12.9. The summed E-state index contributed by atoms with van der Waals surface area (Å²) < 4.78 is 5.29. The lowest BCUT2D eigenvalue weighted by Gasteiger charge is -2.33. The number of carbonyl (C=O) groups is 2. The van der Waals surface area contributed by atoms with Gasteiger partial charge in [-0.2, -0.15) is 0 Å². The van der Waals surface area contributed by atoms with Crippen LogP contribution < -0.4 is 21.5 Å². The molecule has 0 saturated heterocycles. The van der Waals surface area contributed by atoms with E-state index in [1.807, 2.05) is 97.1 Å². The Hall–Kier alpha value is -4.82. The van der Waals surface area contributed by atoms with E-state index in [0.717, 1.165) is 22.3 Å². The average molecular weight is 572 g/mol. The van der Waals surface area contributed by atoms with Gasteiger partial charge < -0.3 is 26.4 Å². The van der Waals surface area contributed by atoms with Crippen LogP contribution in [0, 0.1) is 5.41 Å². The van der Waals surface area contributed by atoms with Crippen molar-refractivity contribution in [2.75, 3.05) is 12.4 Å². The van der Waals surface area contributed by atoms with Gasteiger partial charge in [0.15, 0.2) is 5.96 Å². The summed E-state index contributed by atoms with van der Waals surface area (Å²) in [5, 5.41) is 10.2. The molecular weight excluding hydrogens is 538 g/mol. The number of ether oxygens (including phenoxy) is 1. The van der Waals surface area contributed by atoms with E-state index in [4.69, 9.17) is 21.6 Å². The fraction of sp³-hybridized carbons (Fsp3) is 0.156. The van der Waals surface area contributed by atoms with Crippen molar-refractivity contribution < 1.29 is 14.3 Å². The molecule has 41 heavy (non-hydrogen) atoms. The summed E-state index contributed by atoms with van der Waals surface area (Å²) in [6.07, 6.45) is 0.216. The summed E-state index contributed by atoms with van der Waals surface area (Å²) in [6.45, 7) is 0.177. The Morgan fingerprint density at radius 2 is 1.32 bits per heavy atom. The number of nitrogens with one attached hydrogen (secondary N) is 2. The smallest absolute Gasteiger partial charge is 0.240 e. The summed E-state index contributed by atoms with van der Waals surface area (Å²) >= 11 is 0. The monoisotopic (exact) mass is 571 g/mol. The molecule has 1 atom stereocenters. The Bertz CT molecular complexity index is 1390. The number of rotatable bonds is 11. The minimum Gasteiger partial charge on any atom is -0.497 e. The number of nitrogens with zero attached hydrogens (tertiary/aromatic N) is 1. The lowest BCUT2D eigenvalue weighted by atomic mass is 9.89. The van der Waals surface area contributed by atoms with Crippen molar-refractivity contribution in [2.45, 2.75) is 24.9 Å². The van der Waals surface area contributed by atoms with Crippen molar-refractivity contribution in [1.29, 1.82) is 5.41 Å². The van der Waals surface area contributed by atoms with Crippen LogP contribution in [0.4, 0.5) is 5.69 Å². The quantitative estimate of drug-likeness (QED) is 0.153. The first kappa shape index (κ1) is 30.7. The molecule has 0 aliphatic carbocycles. The molecule has 4 aromatic carbocycles. The molecule has 6 N–H and O–H groups in total. The lowest BCUT2D eigenvalue weighted by molar-refractivity contribution is -0.140. The van der Waals surface area contributed by atoms with Crippen molar-refractivity contribution in [3.05, 3.63) is 131 Å². The molecule has 0 heterocycles. The van der Waals surface area contributed by atoms with Gasteiger partial charge in [0.05, 0.1) is 13.0 Å². The lowest BCUT2D eigenvalue weighted by Crippen LogP contribution is -2.50. The fourth-order valence-electron chi connectivity index (χ4n) is 4.67. The molecule has 8 nitrogen and oxygen atoms in total. The second kappa shape index (κ2) is 14.5. The van der Waals surface area contributed by atoms with E-state index in [1.165, 1.54) is 0 Å². The minimum absolute atomic E-state index is 0. The van der Waals surface area contributed by atoms with E-state index in [9.17, 15) is 9.59 Å². The van der Waals surface area contributed by atoms with Gasteiger partial charge in [-0.3, -0.25) is 15.0 Å². The van der Waals surface area contributed by atoms with Gasteiger partial charge in [-0.1, -0.05) is 84.9 Å². The maximum atomic E-state index is 14.5. The van der Waals surface area contributed by atoms with E-state index in [-0.39, 0.29) is 37.2 Å². The van der Waals surface area contributed by atoms with E-state index >= 15 is 0 Å². The van der Waals surface area contributed by atoms with Gasteiger partial charge in [-0.25, -0.2) is 0 Å². The number of anilines is 1. The predicted octanol–water partition coefficient (Wildman–Crippen LogP) is 4.68. The molecule has 0 bridgehead atoms. The van der Waals surface area contributed by atoms with E-state index < -0.39 is 17.9 Å². The summed E-state index contributed by atoms with van der Waals surface area (Å²) in [4.78, 5) is 29.1. The maximum absolute atomic E-state index is 14.5. The maximum Gasteiger partial charge on any atom is 0.240 e. The topological polar surface area (TPSA) is 135 Å². The number of hydrogen-bond donors (Lipinski definition) is 4. The molecule has 212 valence electrons. The average Bonchev–Trinajstić information content (AvgIpc) is 2.97. The van der Waals surface area contributed by atoms with Crippen LogP contribution in [0.1, 0.15) is 28.2 Å². The van der Waals surface area contributed by atoms with E-state index in [0.29, 0.717) is 11.4 Å². The third kappa shape index (κ3) is 8.09. The third-order valence-electron chi connectivity index (χ3n) is 6.67. The highest BCUT2D eigenvalue weighted by atomic mass is 35.5. The highest BCUT2D eigenvalue weighted by Crippen LogP contribution is 2.29. The number of halogens is 1. The van der Waals surface area contributed by atoms with Crippen LogP contribution in [-0.2, 0) is 22.6 Å². The number of guanidine groups is 1. The van der Waals surface area contributed by atoms with E-state index in [1.54, 1.807) is 24.1 Å². The van der Waals surface area contributed by atoms with Crippen molar-refractivity contribution >= 4 is 35.9 Å². The predicted molar refractivity (Wildman–Crippen MR) is 164 cm³/mol. The van der Waals surface area contributed by atoms with Crippen LogP contribution in [0.25, 0.3) is 0 Å². The van der Waals surface area contributed by atoms with Crippen molar-refractivity contribution in [1.82, 2.24) is 4.90 Å². The second-order valence-electron chi connectivity index (χ2n) is 9.43. The molecule has 0 aliphatic rings. The number of carbonyl (C=O) groups excluding carboxylic acids is 2. The molecule has 4 aromatic rings. The van der Waals surface area contributed by atoms with Crippen LogP contribution in [-0.4, -0.2) is 35.8 Å². The van der Waals surface area contributed by atoms with Crippen LogP contribution in [0.15, 0.2) is 109 Å². The Kier molecular flexibility index (Phi) is 10.9. The highest BCUT2D eigenvalue weighted by molar-refractivity contribution is 5.92. The van der Waals surface area contributed by atoms with Gasteiger partial charge in [-0.05, 0) is 46.5 Å². The van der Waals surface area contributed by atoms with Gasteiger partial charge in [0, 0.05) is 18.7 Å². The van der Waals surface area contributed by atoms with Gasteiger partial charge in [0.1, 0.15) is 11.8 Å². The molecule has 0 radical (unpaired) electrons. The number of hydrogen-bond acceptors (Lipinski definition) is 4. The number of nitrogens with two attached hydrogens (primary N) is 2. The SMILES string of the molecule is COc1ccc(CN(C(=O)C(c2ccccc2)c2ccccc2)[C@H](Cc2ccc(NC(=N)N)cc2)C(N)=O)cc1.Cl. The largest absolute Gasteiger partial charge is 0.497 e. The number of primary amides is 1. The second-order valence-corrected chi connectivity index (χ2v) is 9.43. The molecule has 0 aliphatic heterocycles. The molecule has 4 rings (SSSR count). The van der Waals surface area contributed by atoms with Crippen molar-refractivity contribution in [2.24, 2.45) is 11.5 Å². The Morgan fingerprint density at radius 3 is 1.78 bits per heavy atom. The third-order valence-corrected chi connectivity index (χ3v) is 6.67. The first-order valence-corrected chi connectivity index (χ1v) is 12.9. The summed E-state index contributed by atoms with van der Waals surface area (Å²) in [5.41, 5.74) is 15.3. The van der Waals surface area contributed by atoms with Crippen molar-refractivity contribution in [3.63, 3.8) is 0 Å². The molecular formula is C32H34ClN5O3.